The number of rotatable bonds is 5. The molecule has 128 valence electrons. The Balaban J connectivity index is 1.68. The summed E-state index contributed by atoms with van der Waals surface area (Å²) in [5, 5.41) is 6.97. The number of likely N-dealkylation sites (N-methyl/N-ethyl adjacent to an activating group) is 1. The normalized spacial score (nSPS) is 16.8. The van der Waals surface area contributed by atoms with Crippen LogP contribution in [0.4, 0.5) is 9.52 Å². The number of hydrazone groups is 1. The van der Waals surface area contributed by atoms with Crippen molar-refractivity contribution in [3.05, 3.63) is 46.2 Å². The van der Waals surface area contributed by atoms with Crippen LogP contribution in [0.25, 0.3) is 0 Å². The van der Waals surface area contributed by atoms with Crippen LogP contribution in [0.5, 0.6) is 0 Å². The van der Waals surface area contributed by atoms with Gasteiger partial charge in [0, 0.05) is 38.1 Å². The summed E-state index contributed by atoms with van der Waals surface area (Å²) in [6.07, 6.45) is 1.74. The Kier molecular flexibility index (Phi) is 5.55. The van der Waals surface area contributed by atoms with Crippen molar-refractivity contribution in [3.63, 3.8) is 0 Å². The van der Waals surface area contributed by atoms with Gasteiger partial charge in [-0.1, -0.05) is 6.07 Å². The molecular formula is C17H22FN5S. The molecule has 1 N–H and O–H groups in total. The lowest BCUT2D eigenvalue weighted by Crippen LogP contribution is -2.44. The van der Waals surface area contributed by atoms with Crippen molar-refractivity contribution in [1.29, 1.82) is 0 Å². The molecule has 0 unspecified atom stereocenters. The van der Waals surface area contributed by atoms with Gasteiger partial charge in [0.05, 0.1) is 11.9 Å². The second-order valence-electron chi connectivity index (χ2n) is 6.09. The highest BCUT2D eigenvalue weighted by atomic mass is 32.1. The summed E-state index contributed by atoms with van der Waals surface area (Å²) in [4.78, 5) is 8.96. The molecule has 2 aromatic rings. The molecule has 1 fully saturated rings. The van der Waals surface area contributed by atoms with Gasteiger partial charge in [-0.2, -0.15) is 5.10 Å². The quantitative estimate of drug-likeness (QED) is 0.667. The van der Waals surface area contributed by atoms with Crippen LogP contribution in [-0.2, 0) is 6.54 Å². The molecule has 1 aliphatic heterocycles. The molecule has 0 amide bonds. The molecule has 1 saturated heterocycles. The zero-order chi connectivity index (χ0) is 16.9. The molecule has 0 radical (unpaired) electrons. The smallest absolute Gasteiger partial charge is 0.203 e. The van der Waals surface area contributed by atoms with E-state index in [0.29, 0.717) is 0 Å². The van der Waals surface area contributed by atoms with Crippen LogP contribution in [0.15, 0.2) is 28.7 Å². The maximum atomic E-state index is 13.7. The average molecular weight is 347 g/mol. The third-order valence-electron chi connectivity index (χ3n) is 4.08. The van der Waals surface area contributed by atoms with Crippen molar-refractivity contribution in [3.8, 4) is 0 Å². The summed E-state index contributed by atoms with van der Waals surface area (Å²) in [5.41, 5.74) is 5.78. The number of thiazole rings is 1. The summed E-state index contributed by atoms with van der Waals surface area (Å²) in [7, 11) is 2.13. The molecular weight excluding hydrogens is 325 g/mol. The Morgan fingerprint density at radius 3 is 2.83 bits per heavy atom. The molecule has 1 aromatic carbocycles. The third kappa shape index (κ3) is 4.59. The first-order valence-corrected chi connectivity index (χ1v) is 8.88. The minimum atomic E-state index is -0.209. The standard InChI is InChI=1S/C17H22FN5S/c1-13-12-24-17(20-13)21-19-10-14-3-4-16(18)9-15(14)11-23-7-5-22(2)6-8-23/h3-4,9-10,12H,5-8,11H2,1-2H3,(H,20,21). The summed E-state index contributed by atoms with van der Waals surface area (Å²) in [6, 6.07) is 4.86. The molecule has 0 aliphatic carbocycles. The zero-order valence-electron chi connectivity index (χ0n) is 14.0. The lowest BCUT2D eigenvalue weighted by molar-refractivity contribution is 0.148. The highest BCUT2D eigenvalue weighted by Crippen LogP contribution is 2.16. The predicted molar refractivity (Wildman–Crippen MR) is 97.2 cm³/mol. The van der Waals surface area contributed by atoms with Crippen molar-refractivity contribution < 1.29 is 4.39 Å². The van der Waals surface area contributed by atoms with Gasteiger partial charge in [-0.25, -0.2) is 9.37 Å². The molecule has 1 aliphatic rings. The first-order chi connectivity index (χ1) is 11.6. The van der Waals surface area contributed by atoms with E-state index in [9.17, 15) is 4.39 Å². The number of piperazine rings is 1. The summed E-state index contributed by atoms with van der Waals surface area (Å²) in [5.74, 6) is -0.209. The molecule has 0 atom stereocenters. The Bertz CT molecular complexity index is 707. The number of benzene rings is 1. The first kappa shape index (κ1) is 17.0. The fraction of sp³-hybridized carbons (Fsp3) is 0.412. The van der Waals surface area contributed by atoms with Crippen molar-refractivity contribution in [1.82, 2.24) is 14.8 Å². The largest absolute Gasteiger partial charge is 0.304 e. The van der Waals surface area contributed by atoms with Crippen LogP contribution < -0.4 is 5.43 Å². The summed E-state index contributed by atoms with van der Waals surface area (Å²) >= 11 is 1.51. The van der Waals surface area contributed by atoms with Gasteiger partial charge in [0.1, 0.15) is 5.82 Å². The average Bonchev–Trinajstić information content (AvgIpc) is 2.97. The lowest BCUT2D eigenvalue weighted by Gasteiger charge is -2.32. The van der Waals surface area contributed by atoms with Crippen LogP contribution >= 0.6 is 11.3 Å². The topological polar surface area (TPSA) is 43.8 Å². The number of aryl methyl sites for hydroxylation is 1. The van der Waals surface area contributed by atoms with Gasteiger partial charge in [-0.05, 0) is 37.2 Å². The predicted octanol–water partition coefficient (Wildman–Crippen LogP) is 2.78. The van der Waals surface area contributed by atoms with Crippen molar-refractivity contribution in [2.45, 2.75) is 13.5 Å². The van der Waals surface area contributed by atoms with E-state index in [-0.39, 0.29) is 5.82 Å². The minimum Gasteiger partial charge on any atom is -0.304 e. The van der Waals surface area contributed by atoms with Crippen LogP contribution in [-0.4, -0.2) is 54.2 Å². The van der Waals surface area contributed by atoms with E-state index in [0.717, 1.165) is 54.7 Å². The van der Waals surface area contributed by atoms with Gasteiger partial charge in [0.25, 0.3) is 0 Å². The number of anilines is 1. The summed E-state index contributed by atoms with van der Waals surface area (Å²) < 4.78 is 13.7. The Hall–Kier alpha value is -1.83. The van der Waals surface area contributed by atoms with E-state index in [1.165, 1.54) is 17.4 Å². The molecule has 0 bridgehead atoms. The van der Waals surface area contributed by atoms with Crippen LogP contribution in [0.1, 0.15) is 16.8 Å². The zero-order valence-corrected chi connectivity index (χ0v) is 14.8. The van der Waals surface area contributed by atoms with E-state index >= 15 is 0 Å². The lowest BCUT2D eigenvalue weighted by atomic mass is 10.1. The molecule has 3 rings (SSSR count). The van der Waals surface area contributed by atoms with E-state index < -0.39 is 0 Å². The van der Waals surface area contributed by atoms with Crippen LogP contribution in [0.2, 0.25) is 0 Å². The monoisotopic (exact) mass is 347 g/mol. The van der Waals surface area contributed by atoms with Crippen LogP contribution in [0.3, 0.4) is 0 Å². The number of nitrogens with one attached hydrogen (secondary N) is 1. The van der Waals surface area contributed by atoms with E-state index in [2.05, 4.69) is 32.4 Å². The number of hydrogen-bond donors (Lipinski definition) is 1. The highest BCUT2D eigenvalue weighted by Gasteiger charge is 2.15. The van der Waals surface area contributed by atoms with Crippen molar-refractivity contribution >= 4 is 22.7 Å². The number of nitrogens with zero attached hydrogens (tertiary/aromatic N) is 4. The fourth-order valence-electron chi connectivity index (χ4n) is 2.65. The van der Waals surface area contributed by atoms with Gasteiger partial charge < -0.3 is 4.90 Å². The van der Waals surface area contributed by atoms with Gasteiger partial charge in [0.15, 0.2) is 0 Å². The molecule has 0 spiro atoms. The maximum absolute atomic E-state index is 13.7. The molecule has 7 heteroatoms. The number of hydrogen-bond acceptors (Lipinski definition) is 6. The first-order valence-electron chi connectivity index (χ1n) is 8.01. The SMILES string of the molecule is Cc1csc(NN=Cc2ccc(F)cc2CN2CCN(C)CC2)n1. The highest BCUT2D eigenvalue weighted by molar-refractivity contribution is 7.13. The van der Waals surface area contributed by atoms with Crippen LogP contribution in [0, 0.1) is 12.7 Å². The molecule has 2 heterocycles. The minimum absolute atomic E-state index is 0.209. The van der Waals surface area contributed by atoms with Gasteiger partial charge >= 0.3 is 0 Å². The van der Waals surface area contributed by atoms with Crippen molar-refractivity contribution in [2.75, 3.05) is 38.7 Å². The molecule has 1 aromatic heterocycles. The summed E-state index contributed by atoms with van der Waals surface area (Å²) in [6.45, 7) is 6.77. The fourth-order valence-corrected chi connectivity index (χ4v) is 3.28. The Morgan fingerprint density at radius 1 is 1.33 bits per heavy atom. The molecule has 24 heavy (non-hydrogen) atoms. The van der Waals surface area contributed by atoms with Crippen molar-refractivity contribution in [2.24, 2.45) is 5.10 Å². The number of halogens is 1. The third-order valence-corrected chi connectivity index (χ3v) is 4.94. The van der Waals surface area contributed by atoms with E-state index in [1.54, 1.807) is 18.3 Å². The maximum Gasteiger partial charge on any atom is 0.203 e. The molecule has 0 saturated carbocycles. The second kappa shape index (κ2) is 7.83. The Morgan fingerprint density at radius 2 is 2.12 bits per heavy atom. The van der Waals surface area contributed by atoms with E-state index in [1.807, 2.05) is 12.3 Å². The van der Waals surface area contributed by atoms with E-state index in [4.69, 9.17) is 0 Å². The second-order valence-corrected chi connectivity index (χ2v) is 6.94. The molecule has 5 nitrogen and oxygen atoms in total. The van der Waals surface area contributed by atoms with Gasteiger partial charge in [0.2, 0.25) is 5.13 Å². The van der Waals surface area contributed by atoms with Gasteiger partial charge in [-0.15, -0.1) is 11.3 Å². The van der Waals surface area contributed by atoms with Gasteiger partial charge in [-0.3, -0.25) is 10.3 Å². The number of aromatic nitrogens is 1. The Labute approximate surface area is 145 Å².